The maximum atomic E-state index is 10.8. The summed E-state index contributed by atoms with van der Waals surface area (Å²) >= 11 is 1.05. The van der Waals surface area contributed by atoms with Gasteiger partial charge < -0.3 is 4.52 Å². The molecule has 12 heavy (non-hydrogen) atoms. The van der Waals surface area contributed by atoms with Crippen LogP contribution in [0, 0.1) is 0 Å². The van der Waals surface area contributed by atoms with Crippen LogP contribution in [0.4, 0.5) is 0 Å². The summed E-state index contributed by atoms with van der Waals surface area (Å²) in [6.07, 6.45) is 0. The van der Waals surface area contributed by atoms with Crippen LogP contribution in [0.1, 0.15) is 9.67 Å². The molecule has 0 radical (unpaired) electrons. The summed E-state index contributed by atoms with van der Waals surface area (Å²) in [6, 6.07) is 3.00. The first-order chi connectivity index (χ1) is 5.49. The third kappa shape index (κ3) is 2.75. The summed E-state index contributed by atoms with van der Waals surface area (Å²) in [5.41, 5.74) is 0. The third-order valence-electron chi connectivity index (χ3n) is 0.924. The molecule has 0 saturated heterocycles. The van der Waals surface area contributed by atoms with Crippen LogP contribution in [0.15, 0.2) is 17.5 Å². The van der Waals surface area contributed by atoms with Gasteiger partial charge in [0.15, 0.2) is 0 Å². The van der Waals surface area contributed by atoms with Crippen molar-refractivity contribution in [3.05, 3.63) is 22.4 Å². The highest BCUT2D eigenvalue weighted by atomic mass is 32.1. The molecule has 7 heteroatoms. The molecular weight excluding hydrogens is 203 g/mol. The van der Waals surface area contributed by atoms with E-state index in [0.29, 0.717) is 0 Å². The van der Waals surface area contributed by atoms with E-state index >= 15 is 0 Å². The Morgan fingerprint density at radius 1 is 1.58 bits per heavy atom. The van der Waals surface area contributed by atoms with E-state index in [-0.39, 0.29) is 4.88 Å². The first kappa shape index (κ1) is 9.41. The largest absolute Gasteiger partial charge is 0.527 e. The molecule has 1 aromatic heterocycles. The zero-order chi connectivity index (χ0) is 9.19. The Morgan fingerprint density at radius 3 is 2.67 bits per heavy atom. The predicted octanol–water partition coefficient (Wildman–Crippen LogP) is 0.998. The first-order valence-corrected chi connectivity index (χ1v) is 5.23. The summed E-state index contributed by atoms with van der Waals surface area (Å²) in [6.45, 7) is 0. The smallest absolute Gasteiger partial charge is 0.366 e. The first-order valence-electron chi connectivity index (χ1n) is 2.82. The van der Waals surface area contributed by atoms with E-state index in [4.69, 9.17) is 9.79 Å². The van der Waals surface area contributed by atoms with Crippen molar-refractivity contribution >= 4 is 25.1 Å². The fourth-order valence-electron chi connectivity index (χ4n) is 0.548. The molecule has 0 aliphatic rings. The lowest BCUT2D eigenvalue weighted by molar-refractivity contribution is 0.0683. The number of carbonyl (C=O) groups excluding carboxylic acids is 1. The average Bonchev–Trinajstić information content (AvgIpc) is 2.32. The molecule has 2 N–H and O–H groups in total. The van der Waals surface area contributed by atoms with Crippen LogP contribution in [0.3, 0.4) is 0 Å². The van der Waals surface area contributed by atoms with Gasteiger partial charge in [0.05, 0.1) is 0 Å². The Labute approximate surface area is 71.8 Å². The van der Waals surface area contributed by atoms with Crippen LogP contribution in [-0.4, -0.2) is 15.8 Å². The number of phosphoric ester groups is 1. The van der Waals surface area contributed by atoms with Gasteiger partial charge >= 0.3 is 13.8 Å². The standard InChI is InChI=1S/C5H5O5PS/c6-5(10-11(7,8)9)4-2-1-3-12-4/h1-3H,(H2,7,8,9). The molecule has 0 fully saturated rings. The van der Waals surface area contributed by atoms with E-state index in [1.54, 1.807) is 11.4 Å². The van der Waals surface area contributed by atoms with E-state index in [1.165, 1.54) is 6.07 Å². The number of hydrogen-bond donors (Lipinski definition) is 2. The normalized spacial score (nSPS) is 11.2. The molecule has 1 rings (SSSR count). The molecule has 1 aromatic rings. The van der Waals surface area contributed by atoms with E-state index < -0.39 is 13.8 Å². The van der Waals surface area contributed by atoms with Crippen molar-refractivity contribution in [2.45, 2.75) is 0 Å². The minimum Gasteiger partial charge on any atom is -0.366 e. The lowest BCUT2D eigenvalue weighted by Crippen LogP contribution is -1.99. The molecule has 0 amide bonds. The van der Waals surface area contributed by atoms with Gasteiger partial charge in [-0.15, -0.1) is 11.3 Å². The van der Waals surface area contributed by atoms with Gasteiger partial charge in [-0.25, -0.2) is 9.36 Å². The zero-order valence-corrected chi connectivity index (χ0v) is 7.42. The number of phosphoric acid groups is 1. The third-order valence-corrected chi connectivity index (χ3v) is 2.18. The Bertz CT molecular complexity index is 313. The minimum absolute atomic E-state index is 0.165. The Kier molecular flexibility index (Phi) is 2.64. The SMILES string of the molecule is O=C(OP(=O)(O)O)c1cccs1. The Balaban J connectivity index is 2.69. The van der Waals surface area contributed by atoms with E-state index in [1.807, 2.05) is 0 Å². The van der Waals surface area contributed by atoms with Crippen molar-refractivity contribution in [2.75, 3.05) is 0 Å². The highest BCUT2D eigenvalue weighted by molar-refractivity contribution is 7.47. The second-order valence-electron chi connectivity index (χ2n) is 1.85. The van der Waals surface area contributed by atoms with Crippen LogP contribution in [0.5, 0.6) is 0 Å². The Morgan fingerprint density at radius 2 is 2.25 bits per heavy atom. The number of rotatable bonds is 2. The second-order valence-corrected chi connectivity index (χ2v) is 3.96. The molecular formula is C5H5O5PS. The molecule has 0 atom stereocenters. The molecule has 66 valence electrons. The van der Waals surface area contributed by atoms with E-state index in [0.717, 1.165) is 11.3 Å². The summed E-state index contributed by atoms with van der Waals surface area (Å²) in [5.74, 6) is -1.00. The van der Waals surface area contributed by atoms with Gasteiger partial charge in [0.2, 0.25) is 0 Å². The zero-order valence-electron chi connectivity index (χ0n) is 5.71. The van der Waals surface area contributed by atoms with Gasteiger partial charge in [0, 0.05) is 0 Å². The molecule has 0 saturated carbocycles. The molecule has 5 nitrogen and oxygen atoms in total. The molecule has 0 aromatic carbocycles. The summed E-state index contributed by atoms with van der Waals surface area (Å²) < 4.78 is 14.0. The van der Waals surface area contributed by atoms with Crippen LogP contribution >= 0.6 is 19.2 Å². The monoisotopic (exact) mass is 208 g/mol. The van der Waals surface area contributed by atoms with Gasteiger partial charge in [-0.05, 0) is 11.4 Å². The molecule has 0 spiro atoms. The van der Waals surface area contributed by atoms with Gasteiger partial charge in [-0.1, -0.05) is 6.07 Å². The molecule has 0 aliphatic heterocycles. The van der Waals surface area contributed by atoms with Crippen molar-refractivity contribution in [1.29, 1.82) is 0 Å². The summed E-state index contributed by atoms with van der Waals surface area (Å²) in [4.78, 5) is 27.5. The fraction of sp³-hybridized carbons (Fsp3) is 0. The topological polar surface area (TPSA) is 83.8 Å². The summed E-state index contributed by atoms with van der Waals surface area (Å²) in [5, 5.41) is 1.61. The van der Waals surface area contributed by atoms with Crippen molar-refractivity contribution in [1.82, 2.24) is 0 Å². The quantitative estimate of drug-likeness (QED) is 0.708. The van der Waals surface area contributed by atoms with Crippen molar-refractivity contribution in [2.24, 2.45) is 0 Å². The molecule has 0 bridgehead atoms. The van der Waals surface area contributed by atoms with Gasteiger partial charge in [0.1, 0.15) is 4.88 Å². The van der Waals surface area contributed by atoms with Crippen LogP contribution < -0.4 is 0 Å². The predicted molar refractivity (Wildman–Crippen MR) is 41.8 cm³/mol. The van der Waals surface area contributed by atoms with Gasteiger partial charge in [-0.2, -0.15) is 0 Å². The summed E-state index contributed by atoms with van der Waals surface area (Å²) in [7, 11) is -4.71. The molecule has 0 unspecified atom stereocenters. The number of carbonyl (C=O) groups is 1. The maximum Gasteiger partial charge on any atom is 0.527 e. The average molecular weight is 208 g/mol. The highest BCUT2D eigenvalue weighted by Gasteiger charge is 2.21. The van der Waals surface area contributed by atoms with E-state index in [9.17, 15) is 9.36 Å². The molecule has 0 aliphatic carbocycles. The van der Waals surface area contributed by atoms with Crippen molar-refractivity contribution < 1.29 is 23.7 Å². The van der Waals surface area contributed by atoms with Crippen molar-refractivity contribution in [3.63, 3.8) is 0 Å². The van der Waals surface area contributed by atoms with Gasteiger partial charge in [0.25, 0.3) is 0 Å². The highest BCUT2D eigenvalue weighted by Crippen LogP contribution is 2.37. The van der Waals surface area contributed by atoms with Crippen LogP contribution in [-0.2, 0) is 9.09 Å². The van der Waals surface area contributed by atoms with Crippen molar-refractivity contribution in [3.8, 4) is 0 Å². The van der Waals surface area contributed by atoms with E-state index in [2.05, 4.69) is 4.52 Å². The van der Waals surface area contributed by atoms with Crippen LogP contribution in [0.25, 0.3) is 0 Å². The van der Waals surface area contributed by atoms with Crippen LogP contribution in [0.2, 0.25) is 0 Å². The molecule has 1 heterocycles. The Hall–Kier alpha value is -0.680. The minimum atomic E-state index is -4.71. The number of hydrogen-bond acceptors (Lipinski definition) is 4. The maximum absolute atomic E-state index is 10.8. The van der Waals surface area contributed by atoms with Gasteiger partial charge in [-0.3, -0.25) is 9.79 Å². The lowest BCUT2D eigenvalue weighted by atomic mass is 10.5. The fourth-order valence-corrected chi connectivity index (χ4v) is 1.52. The lowest BCUT2D eigenvalue weighted by Gasteiger charge is -2.01. The number of thiophene rings is 1. The second kappa shape index (κ2) is 3.37.